The molecule has 17 heavy (non-hydrogen) atoms. The number of nitrogens with zero attached hydrogens (tertiary/aromatic N) is 2. The summed E-state index contributed by atoms with van der Waals surface area (Å²) in [7, 11) is 0. The molecule has 0 N–H and O–H groups in total. The second-order valence-electron chi connectivity index (χ2n) is 3.60. The number of amides is 1. The molecule has 4 nitrogen and oxygen atoms in total. The summed E-state index contributed by atoms with van der Waals surface area (Å²) in [5.74, 6) is -3.08. The molecule has 0 saturated carbocycles. The Labute approximate surface area is 95.1 Å². The number of halogens is 2. The monoisotopic (exact) mass is 236 g/mol. The lowest BCUT2D eigenvalue weighted by Crippen LogP contribution is -2.26. The lowest BCUT2D eigenvalue weighted by molar-refractivity contribution is -0.121. The molecular weight excluding hydrogens is 230 g/mol. The number of rotatable bonds is 1. The van der Waals surface area contributed by atoms with Crippen LogP contribution in [0.25, 0.3) is 0 Å². The van der Waals surface area contributed by atoms with E-state index in [1.807, 2.05) is 0 Å². The van der Waals surface area contributed by atoms with E-state index >= 15 is 0 Å². The minimum atomic E-state index is -1.02. The summed E-state index contributed by atoms with van der Waals surface area (Å²) in [6.07, 6.45) is -0.348. The molecule has 1 aromatic carbocycles. The Morgan fingerprint density at radius 3 is 2.24 bits per heavy atom. The van der Waals surface area contributed by atoms with Gasteiger partial charge in [0.1, 0.15) is 5.69 Å². The Morgan fingerprint density at radius 1 is 1.24 bits per heavy atom. The molecule has 2 rings (SSSR count). The Kier molecular flexibility index (Phi) is 2.60. The van der Waals surface area contributed by atoms with Gasteiger partial charge in [0.05, 0.1) is 24.6 Å². The predicted molar refractivity (Wildman–Crippen MR) is 53.1 cm³/mol. The van der Waals surface area contributed by atoms with E-state index in [2.05, 4.69) is 0 Å². The van der Waals surface area contributed by atoms with Crippen molar-refractivity contribution in [3.8, 4) is 6.07 Å². The molecule has 1 aromatic rings. The van der Waals surface area contributed by atoms with Gasteiger partial charge in [-0.15, -0.1) is 0 Å². The van der Waals surface area contributed by atoms with E-state index in [4.69, 9.17) is 5.26 Å². The highest BCUT2D eigenvalue weighted by molar-refractivity contribution is 6.15. The van der Waals surface area contributed by atoms with Gasteiger partial charge in [-0.1, -0.05) is 0 Å². The van der Waals surface area contributed by atoms with Crippen LogP contribution >= 0.6 is 0 Å². The first-order valence-corrected chi connectivity index (χ1v) is 4.74. The molecule has 0 aliphatic carbocycles. The molecule has 0 unspecified atom stereocenters. The fourth-order valence-electron chi connectivity index (χ4n) is 1.68. The molecule has 0 bridgehead atoms. The first-order chi connectivity index (χ1) is 8.02. The summed E-state index contributed by atoms with van der Waals surface area (Å²) in [5, 5.41) is 8.52. The molecule has 1 heterocycles. The van der Waals surface area contributed by atoms with E-state index in [9.17, 15) is 18.4 Å². The van der Waals surface area contributed by atoms with Gasteiger partial charge in [0.15, 0.2) is 17.4 Å². The molecule has 0 aromatic heterocycles. The summed E-state index contributed by atoms with van der Waals surface area (Å²) < 4.78 is 27.1. The normalized spacial score (nSPS) is 15.2. The van der Waals surface area contributed by atoms with Gasteiger partial charge in [-0.2, -0.15) is 5.26 Å². The highest BCUT2D eigenvalue weighted by Gasteiger charge is 2.32. The molecule has 1 saturated heterocycles. The number of Topliss-reactive ketones (excluding diaryl/α,β-unsaturated/α-hetero) is 1. The third-order valence-electron chi connectivity index (χ3n) is 2.40. The van der Waals surface area contributed by atoms with Crippen molar-refractivity contribution in [3.63, 3.8) is 0 Å². The predicted octanol–water partition coefficient (Wildman–Crippen LogP) is 1.14. The van der Waals surface area contributed by atoms with Crippen molar-refractivity contribution < 1.29 is 18.4 Å². The minimum absolute atomic E-state index is 0.179. The zero-order valence-corrected chi connectivity index (χ0v) is 8.54. The van der Waals surface area contributed by atoms with E-state index in [1.54, 1.807) is 6.07 Å². The number of hydrogen-bond acceptors (Lipinski definition) is 3. The number of ketones is 1. The third-order valence-corrected chi connectivity index (χ3v) is 2.40. The SMILES string of the molecule is N#Cc1cc(F)c(N2CC(=O)CC2=O)c(F)c1. The van der Waals surface area contributed by atoms with Gasteiger partial charge in [-0.25, -0.2) is 8.78 Å². The Balaban J connectivity index is 2.50. The molecular formula is C11H6F2N2O2. The van der Waals surface area contributed by atoms with Crippen molar-refractivity contribution in [2.24, 2.45) is 0 Å². The van der Waals surface area contributed by atoms with E-state index in [0.29, 0.717) is 0 Å². The average molecular weight is 236 g/mol. The molecule has 1 aliphatic rings. The second kappa shape index (κ2) is 3.94. The fourth-order valence-corrected chi connectivity index (χ4v) is 1.68. The van der Waals surface area contributed by atoms with Crippen LogP contribution in [0.4, 0.5) is 14.5 Å². The topological polar surface area (TPSA) is 61.2 Å². The summed E-state index contributed by atoms with van der Waals surface area (Å²) in [5.41, 5.74) is -0.749. The highest BCUT2D eigenvalue weighted by atomic mass is 19.1. The van der Waals surface area contributed by atoms with Crippen LogP contribution in [0.5, 0.6) is 0 Å². The van der Waals surface area contributed by atoms with Crippen LogP contribution in [-0.2, 0) is 9.59 Å². The van der Waals surface area contributed by atoms with Gasteiger partial charge in [0.2, 0.25) is 5.91 Å². The van der Waals surface area contributed by atoms with Crippen LogP contribution in [-0.4, -0.2) is 18.2 Å². The van der Waals surface area contributed by atoms with Gasteiger partial charge in [-0.05, 0) is 12.1 Å². The van der Waals surface area contributed by atoms with Gasteiger partial charge in [-0.3, -0.25) is 14.5 Å². The minimum Gasteiger partial charge on any atom is -0.299 e. The number of hydrogen-bond donors (Lipinski definition) is 0. The summed E-state index contributed by atoms with van der Waals surface area (Å²) in [6.45, 7) is -0.335. The van der Waals surface area contributed by atoms with Crippen molar-refractivity contribution in [2.75, 3.05) is 11.4 Å². The standard InChI is InChI=1S/C11H6F2N2O2/c12-8-1-6(4-14)2-9(13)11(8)15-5-7(16)3-10(15)17/h1-2H,3,5H2. The molecule has 1 amide bonds. The van der Waals surface area contributed by atoms with Crippen LogP contribution in [0.1, 0.15) is 12.0 Å². The number of anilines is 1. The first-order valence-electron chi connectivity index (χ1n) is 4.74. The maximum Gasteiger partial charge on any atom is 0.235 e. The Hall–Kier alpha value is -2.29. The largest absolute Gasteiger partial charge is 0.299 e. The number of carbonyl (C=O) groups is 2. The van der Waals surface area contributed by atoms with Crippen LogP contribution in [0.3, 0.4) is 0 Å². The van der Waals surface area contributed by atoms with Gasteiger partial charge in [0, 0.05) is 0 Å². The third kappa shape index (κ3) is 1.87. The second-order valence-corrected chi connectivity index (χ2v) is 3.60. The molecule has 0 atom stereocenters. The molecule has 86 valence electrons. The Morgan fingerprint density at radius 2 is 1.82 bits per heavy atom. The maximum atomic E-state index is 13.6. The average Bonchev–Trinajstić information content (AvgIpc) is 2.57. The van der Waals surface area contributed by atoms with E-state index in [1.165, 1.54) is 0 Å². The van der Waals surface area contributed by atoms with Crippen LogP contribution in [0, 0.1) is 23.0 Å². The Bertz CT molecular complexity index is 540. The van der Waals surface area contributed by atoms with Gasteiger partial charge in [0.25, 0.3) is 0 Å². The summed E-state index contributed by atoms with van der Waals surface area (Å²) in [6, 6.07) is 3.25. The van der Waals surface area contributed by atoms with Crippen LogP contribution in [0.15, 0.2) is 12.1 Å². The molecule has 0 radical (unpaired) electrons. The van der Waals surface area contributed by atoms with Gasteiger partial charge < -0.3 is 0 Å². The van der Waals surface area contributed by atoms with Crippen LogP contribution < -0.4 is 4.90 Å². The number of benzene rings is 1. The molecule has 1 aliphatic heterocycles. The van der Waals surface area contributed by atoms with Crippen molar-refractivity contribution in [3.05, 3.63) is 29.3 Å². The van der Waals surface area contributed by atoms with Gasteiger partial charge >= 0.3 is 0 Å². The smallest absolute Gasteiger partial charge is 0.235 e. The van der Waals surface area contributed by atoms with E-state index in [0.717, 1.165) is 17.0 Å². The highest BCUT2D eigenvalue weighted by Crippen LogP contribution is 2.27. The molecule has 0 spiro atoms. The van der Waals surface area contributed by atoms with Crippen molar-refractivity contribution in [1.29, 1.82) is 5.26 Å². The first kappa shape index (κ1) is 11.2. The number of carbonyl (C=O) groups excluding carboxylic acids is 2. The lowest BCUT2D eigenvalue weighted by Gasteiger charge is -2.16. The summed E-state index contributed by atoms with van der Waals surface area (Å²) >= 11 is 0. The van der Waals surface area contributed by atoms with E-state index < -0.39 is 29.0 Å². The molecule has 6 heteroatoms. The maximum absolute atomic E-state index is 13.6. The molecule has 1 fully saturated rings. The quantitative estimate of drug-likeness (QED) is 0.687. The lowest BCUT2D eigenvalue weighted by atomic mass is 10.2. The van der Waals surface area contributed by atoms with Crippen LogP contribution in [0.2, 0.25) is 0 Å². The zero-order chi connectivity index (χ0) is 12.6. The van der Waals surface area contributed by atoms with Crippen molar-refractivity contribution in [2.45, 2.75) is 6.42 Å². The van der Waals surface area contributed by atoms with Crippen molar-refractivity contribution in [1.82, 2.24) is 0 Å². The van der Waals surface area contributed by atoms with Crippen molar-refractivity contribution >= 4 is 17.4 Å². The fraction of sp³-hybridized carbons (Fsp3) is 0.182. The number of nitriles is 1. The zero-order valence-electron chi connectivity index (χ0n) is 8.54. The summed E-state index contributed by atoms with van der Waals surface area (Å²) in [4.78, 5) is 23.1. The van der Waals surface area contributed by atoms with E-state index in [-0.39, 0.29) is 18.5 Å².